The molecule has 1 atom stereocenters. The molecule has 2 aliphatic heterocycles. The first-order valence-corrected chi connectivity index (χ1v) is 9.42. The van der Waals surface area contributed by atoms with Gasteiger partial charge in [-0.05, 0) is 43.0 Å². The largest absolute Gasteiger partial charge is 0.493 e. The predicted octanol–water partition coefficient (Wildman–Crippen LogP) is 4.03. The van der Waals surface area contributed by atoms with Gasteiger partial charge in [0.05, 0.1) is 12.6 Å². The summed E-state index contributed by atoms with van der Waals surface area (Å²) in [5.74, 6) is 1.09. The third-order valence-electron chi connectivity index (χ3n) is 5.31. The van der Waals surface area contributed by atoms with Crippen molar-refractivity contribution in [3.63, 3.8) is 0 Å². The Morgan fingerprint density at radius 2 is 1.81 bits per heavy atom. The number of nitrogens with one attached hydrogen (secondary N) is 1. The van der Waals surface area contributed by atoms with E-state index < -0.39 is 0 Å². The van der Waals surface area contributed by atoms with E-state index in [0.717, 1.165) is 36.1 Å². The van der Waals surface area contributed by atoms with Gasteiger partial charge >= 0.3 is 0 Å². The van der Waals surface area contributed by atoms with Gasteiger partial charge in [0.1, 0.15) is 5.75 Å². The number of carbonyl (C=O) groups excluding carboxylic acids is 1. The van der Waals surface area contributed by atoms with Crippen LogP contribution >= 0.6 is 0 Å². The quantitative estimate of drug-likeness (QED) is 0.908. The number of fused-ring (bicyclic) bond motifs is 1. The van der Waals surface area contributed by atoms with Crippen LogP contribution in [0.1, 0.15) is 36.4 Å². The molecule has 0 radical (unpaired) electrons. The van der Waals surface area contributed by atoms with Gasteiger partial charge in [0, 0.05) is 31.1 Å². The van der Waals surface area contributed by atoms with Crippen LogP contribution in [0.25, 0.3) is 11.1 Å². The summed E-state index contributed by atoms with van der Waals surface area (Å²) in [5.41, 5.74) is 4.66. The lowest BCUT2D eigenvalue weighted by Crippen LogP contribution is -2.38. The van der Waals surface area contributed by atoms with Crippen LogP contribution in [0, 0.1) is 12.8 Å². The number of benzene rings is 2. The molecule has 136 valence electrons. The molecule has 0 saturated carbocycles. The Labute approximate surface area is 154 Å². The molecule has 0 bridgehead atoms. The monoisotopic (exact) mass is 351 g/mol. The van der Waals surface area contributed by atoms with Crippen molar-refractivity contribution in [2.24, 2.45) is 5.92 Å². The molecular formula is C22H25NO3. The minimum absolute atomic E-state index is 0.0128. The Bertz CT molecular complexity index is 796. The van der Waals surface area contributed by atoms with Gasteiger partial charge in [0.15, 0.2) is 0 Å². The van der Waals surface area contributed by atoms with E-state index in [1.807, 2.05) is 6.07 Å². The molecule has 1 fully saturated rings. The fraction of sp³-hybridized carbons (Fsp3) is 0.409. The van der Waals surface area contributed by atoms with Crippen molar-refractivity contribution >= 4 is 5.91 Å². The Hall–Kier alpha value is -2.33. The standard InChI is InChI=1S/C22H25NO3/c1-15-3-2-4-17(13-15)18-5-6-21-19(14-18)20(9-12-26-21)23-22(24)16-7-10-25-11-8-16/h2-6,13-14,16,20H,7-12H2,1H3,(H,23,24). The summed E-state index contributed by atoms with van der Waals surface area (Å²) in [6.07, 6.45) is 2.43. The second-order valence-corrected chi connectivity index (χ2v) is 7.21. The van der Waals surface area contributed by atoms with Crippen LogP contribution in [-0.2, 0) is 9.53 Å². The molecule has 4 rings (SSSR count). The van der Waals surface area contributed by atoms with Crippen LogP contribution < -0.4 is 10.1 Å². The maximum atomic E-state index is 12.7. The molecule has 0 spiro atoms. The fourth-order valence-electron chi connectivity index (χ4n) is 3.80. The zero-order chi connectivity index (χ0) is 17.9. The van der Waals surface area contributed by atoms with E-state index in [-0.39, 0.29) is 17.9 Å². The van der Waals surface area contributed by atoms with Crippen molar-refractivity contribution in [2.75, 3.05) is 19.8 Å². The van der Waals surface area contributed by atoms with Gasteiger partial charge in [-0.2, -0.15) is 0 Å². The van der Waals surface area contributed by atoms with Gasteiger partial charge in [-0.15, -0.1) is 0 Å². The highest BCUT2D eigenvalue weighted by molar-refractivity contribution is 5.79. The molecule has 4 nitrogen and oxygen atoms in total. The van der Waals surface area contributed by atoms with Gasteiger partial charge in [-0.1, -0.05) is 35.9 Å². The van der Waals surface area contributed by atoms with Crippen LogP contribution in [0.2, 0.25) is 0 Å². The number of aryl methyl sites for hydroxylation is 1. The van der Waals surface area contributed by atoms with Gasteiger partial charge in [-0.3, -0.25) is 4.79 Å². The molecule has 26 heavy (non-hydrogen) atoms. The van der Waals surface area contributed by atoms with E-state index in [4.69, 9.17) is 9.47 Å². The molecule has 4 heteroatoms. The first-order valence-electron chi connectivity index (χ1n) is 9.42. The number of rotatable bonds is 3. The highest BCUT2D eigenvalue weighted by Crippen LogP contribution is 2.36. The second-order valence-electron chi connectivity index (χ2n) is 7.21. The number of hydrogen-bond donors (Lipinski definition) is 1. The first kappa shape index (κ1) is 17.1. The van der Waals surface area contributed by atoms with Crippen LogP contribution in [0.4, 0.5) is 0 Å². The molecule has 1 N–H and O–H groups in total. The minimum Gasteiger partial charge on any atom is -0.493 e. The maximum Gasteiger partial charge on any atom is 0.223 e. The maximum absolute atomic E-state index is 12.7. The number of hydrogen-bond acceptors (Lipinski definition) is 3. The van der Waals surface area contributed by atoms with E-state index in [0.29, 0.717) is 19.8 Å². The van der Waals surface area contributed by atoms with Crippen molar-refractivity contribution < 1.29 is 14.3 Å². The molecule has 2 aromatic carbocycles. The van der Waals surface area contributed by atoms with Gasteiger partial charge in [-0.25, -0.2) is 0 Å². The molecular weight excluding hydrogens is 326 g/mol. The molecule has 0 aromatic heterocycles. The predicted molar refractivity (Wildman–Crippen MR) is 101 cm³/mol. The lowest BCUT2D eigenvalue weighted by Gasteiger charge is -2.29. The van der Waals surface area contributed by atoms with Gasteiger partial charge < -0.3 is 14.8 Å². The summed E-state index contributed by atoms with van der Waals surface area (Å²) in [4.78, 5) is 12.7. The summed E-state index contributed by atoms with van der Waals surface area (Å²) in [6.45, 7) is 4.09. The van der Waals surface area contributed by atoms with Crippen LogP contribution in [0.5, 0.6) is 5.75 Å². The molecule has 1 amide bonds. The van der Waals surface area contributed by atoms with Crippen LogP contribution in [0.3, 0.4) is 0 Å². The topological polar surface area (TPSA) is 47.6 Å². The second kappa shape index (κ2) is 7.50. The number of amides is 1. The van der Waals surface area contributed by atoms with E-state index in [2.05, 4.69) is 48.6 Å². The van der Waals surface area contributed by atoms with Crippen molar-refractivity contribution in [3.05, 3.63) is 53.6 Å². The van der Waals surface area contributed by atoms with E-state index in [1.165, 1.54) is 11.1 Å². The third kappa shape index (κ3) is 3.61. The Balaban J connectivity index is 1.58. The molecule has 2 heterocycles. The van der Waals surface area contributed by atoms with E-state index >= 15 is 0 Å². The van der Waals surface area contributed by atoms with Crippen LogP contribution in [0.15, 0.2) is 42.5 Å². The number of carbonyl (C=O) groups is 1. The SMILES string of the molecule is Cc1cccc(-c2ccc3c(c2)C(NC(=O)C2CCOCC2)CCO3)c1. The number of ether oxygens (including phenoxy) is 2. The summed E-state index contributed by atoms with van der Waals surface area (Å²) in [7, 11) is 0. The van der Waals surface area contributed by atoms with E-state index in [9.17, 15) is 4.79 Å². The van der Waals surface area contributed by atoms with Gasteiger partial charge in [0.25, 0.3) is 0 Å². The third-order valence-corrected chi connectivity index (χ3v) is 5.31. The average Bonchev–Trinajstić information content (AvgIpc) is 2.68. The van der Waals surface area contributed by atoms with Crippen molar-refractivity contribution in [2.45, 2.75) is 32.2 Å². The minimum atomic E-state index is 0.0128. The summed E-state index contributed by atoms with van der Waals surface area (Å²) < 4.78 is 11.2. The lowest BCUT2D eigenvalue weighted by molar-refractivity contribution is -0.128. The first-order chi connectivity index (χ1) is 12.7. The van der Waals surface area contributed by atoms with Crippen molar-refractivity contribution in [1.29, 1.82) is 0 Å². The van der Waals surface area contributed by atoms with Crippen molar-refractivity contribution in [3.8, 4) is 16.9 Å². The summed E-state index contributed by atoms with van der Waals surface area (Å²) in [6, 6.07) is 14.8. The molecule has 1 saturated heterocycles. The molecule has 0 aliphatic carbocycles. The average molecular weight is 351 g/mol. The Morgan fingerprint density at radius 3 is 2.62 bits per heavy atom. The van der Waals surface area contributed by atoms with E-state index in [1.54, 1.807) is 0 Å². The molecule has 2 aliphatic rings. The van der Waals surface area contributed by atoms with Crippen molar-refractivity contribution in [1.82, 2.24) is 5.32 Å². The molecule has 1 unspecified atom stereocenters. The van der Waals surface area contributed by atoms with Gasteiger partial charge in [0.2, 0.25) is 5.91 Å². The highest BCUT2D eigenvalue weighted by Gasteiger charge is 2.28. The zero-order valence-electron chi connectivity index (χ0n) is 15.2. The zero-order valence-corrected chi connectivity index (χ0v) is 15.2. The lowest BCUT2D eigenvalue weighted by atomic mass is 9.93. The summed E-state index contributed by atoms with van der Waals surface area (Å²) in [5, 5.41) is 3.26. The highest BCUT2D eigenvalue weighted by atomic mass is 16.5. The smallest absolute Gasteiger partial charge is 0.223 e. The molecule has 2 aromatic rings. The van der Waals surface area contributed by atoms with Crippen LogP contribution in [-0.4, -0.2) is 25.7 Å². The summed E-state index contributed by atoms with van der Waals surface area (Å²) >= 11 is 0. The fourth-order valence-corrected chi connectivity index (χ4v) is 3.80. The normalized spacial score (nSPS) is 20.1. The Morgan fingerprint density at radius 1 is 1.00 bits per heavy atom. The Kier molecular flexibility index (Phi) is 4.93.